The molecular formula is C21H28N6OS2. The minimum Gasteiger partial charge on any atom is -0.299 e. The lowest BCUT2D eigenvalue weighted by Gasteiger charge is -2.07. The Balaban J connectivity index is 1.55. The van der Waals surface area contributed by atoms with Gasteiger partial charge in [0.2, 0.25) is 11.0 Å². The molecule has 0 atom stereocenters. The monoisotopic (exact) mass is 444 g/mol. The predicted molar refractivity (Wildman–Crippen MR) is 123 cm³/mol. The number of H-pyrrole nitrogens is 1. The Morgan fingerprint density at radius 2 is 2.00 bits per heavy atom. The van der Waals surface area contributed by atoms with E-state index < -0.39 is 0 Å². The molecule has 0 bridgehead atoms. The Morgan fingerprint density at radius 1 is 1.20 bits per heavy atom. The fourth-order valence-corrected chi connectivity index (χ4v) is 4.23. The van der Waals surface area contributed by atoms with E-state index >= 15 is 0 Å². The molecule has 2 N–H and O–H groups in total. The fourth-order valence-electron chi connectivity index (χ4n) is 3.23. The van der Waals surface area contributed by atoms with Crippen LogP contribution < -0.4 is 5.32 Å². The molecule has 1 aromatic carbocycles. The lowest BCUT2D eigenvalue weighted by atomic mass is 10.1. The van der Waals surface area contributed by atoms with Gasteiger partial charge in [0.05, 0.1) is 0 Å². The highest BCUT2D eigenvalue weighted by atomic mass is 32.1. The zero-order valence-electron chi connectivity index (χ0n) is 17.5. The third-order valence-corrected chi connectivity index (χ3v) is 6.00. The minimum atomic E-state index is -0.205. The molecule has 3 rings (SSSR count). The van der Waals surface area contributed by atoms with Crippen LogP contribution in [0.2, 0.25) is 0 Å². The Kier molecular flexibility index (Phi) is 8.27. The van der Waals surface area contributed by atoms with Crippen molar-refractivity contribution >= 4 is 34.6 Å². The molecule has 0 aliphatic heterocycles. The summed E-state index contributed by atoms with van der Waals surface area (Å²) in [4.78, 5) is 12.6. The van der Waals surface area contributed by atoms with Crippen molar-refractivity contribution in [2.45, 2.75) is 65.3 Å². The molecule has 0 unspecified atom stereocenters. The number of hydrogen-bond acceptors (Lipinski definition) is 6. The molecular weight excluding hydrogens is 416 g/mol. The number of nitrogens with zero attached hydrogens (tertiary/aromatic N) is 4. The number of aromatic amines is 1. The summed E-state index contributed by atoms with van der Waals surface area (Å²) in [6.07, 6.45) is 8.36. The van der Waals surface area contributed by atoms with Crippen LogP contribution in [0.4, 0.5) is 5.13 Å². The van der Waals surface area contributed by atoms with Crippen LogP contribution in [-0.4, -0.2) is 30.9 Å². The van der Waals surface area contributed by atoms with Crippen LogP contribution in [0.1, 0.15) is 56.0 Å². The molecule has 0 aliphatic carbocycles. The summed E-state index contributed by atoms with van der Waals surface area (Å²) in [5.41, 5.74) is 2.02. The predicted octanol–water partition coefficient (Wildman–Crippen LogP) is 5.31. The number of anilines is 1. The number of rotatable bonds is 11. The number of carbonyl (C=O) groups is 1. The SMILES string of the molecule is CCCCCCCCc1nnc(NC(=O)Cn2c(-c3cccc(C)c3)n[nH]c2=S)s1. The molecule has 0 saturated heterocycles. The van der Waals surface area contributed by atoms with Crippen LogP contribution in [0.5, 0.6) is 0 Å². The van der Waals surface area contributed by atoms with E-state index in [1.165, 1.54) is 43.4 Å². The van der Waals surface area contributed by atoms with Crippen LogP contribution in [-0.2, 0) is 17.8 Å². The third kappa shape index (κ3) is 6.30. The largest absolute Gasteiger partial charge is 0.299 e. The summed E-state index contributed by atoms with van der Waals surface area (Å²) < 4.78 is 2.10. The molecule has 160 valence electrons. The summed E-state index contributed by atoms with van der Waals surface area (Å²) in [6, 6.07) is 7.93. The molecule has 9 heteroatoms. The minimum absolute atomic E-state index is 0.0605. The van der Waals surface area contributed by atoms with Crippen molar-refractivity contribution in [2.75, 3.05) is 5.32 Å². The first-order valence-corrected chi connectivity index (χ1v) is 11.6. The molecule has 3 aromatic rings. The lowest BCUT2D eigenvalue weighted by Crippen LogP contribution is -2.19. The van der Waals surface area contributed by atoms with Crippen LogP contribution in [0.15, 0.2) is 24.3 Å². The number of nitrogens with one attached hydrogen (secondary N) is 2. The van der Waals surface area contributed by atoms with E-state index in [4.69, 9.17) is 12.2 Å². The van der Waals surface area contributed by atoms with E-state index in [1.807, 2.05) is 31.2 Å². The van der Waals surface area contributed by atoms with Gasteiger partial charge in [-0.3, -0.25) is 19.8 Å². The highest BCUT2D eigenvalue weighted by Gasteiger charge is 2.14. The summed E-state index contributed by atoms with van der Waals surface area (Å²) in [5, 5.41) is 19.7. The van der Waals surface area contributed by atoms with Gasteiger partial charge in [-0.15, -0.1) is 10.2 Å². The van der Waals surface area contributed by atoms with Gasteiger partial charge in [-0.25, -0.2) is 0 Å². The van der Waals surface area contributed by atoms with E-state index in [0.29, 0.717) is 15.7 Å². The topological polar surface area (TPSA) is 88.5 Å². The second-order valence-corrected chi connectivity index (χ2v) is 8.82. The first-order chi connectivity index (χ1) is 14.6. The average molecular weight is 445 g/mol. The second-order valence-electron chi connectivity index (χ2n) is 7.37. The van der Waals surface area contributed by atoms with Crippen LogP contribution >= 0.6 is 23.6 Å². The van der Waals surface area contributed by atoms with E-state index in [9.17, 15) is 4.79 Å². The lowest BCUT2D eigenvalue weighted by molar-refractivity contribution is -0.116. The molecule has 2 aromatic heterocycles. The van der Waals surface area contributed by atoms with Crippen molar-refractivity contribution in [2.24, 2.45) is 0 Å². The first kappa shape index (κ1) is 22.3. The van der Waals surface area contributed by atoms with E-state index in [0.717, 1.165) is 29.0 Å². The van der Waals surface area contributed by atoms with Crippen LogP contribution in [0.3, 0.4) is 0 Å². The normalized spacial score (nSPS) is 11.0. The molecule has 0 saturated carbocycles. The van der Waals surface area contributed by atoms with Gasteiger partial charge in [0, 0.05) is 12.0 Å². The standard InChI is InChI=1S/C21H28N6OS2/c1-3-4-5-6-7-8-12-18-23-25-20(30-18)22-17(28)14-27-19(24-26-21(27)29)16-11-9-10-15(2)13-16/h9-11,13H,3-8,12,14H2,1-2H3,(H,26,29)(H,22,25,28). The number of aryl methyl sites for hydroxylation is 2. The maximum absolute atomic E-state index is 12.6. The molecule has 0 spiro atoms. The molecule has 7 nitrogen and oxygen atoms in total. The highest BCUT2D eigenvalue weighted by molar-refractivity contribution is 7.71. The smallest absolute Gasteiger partial charge is 0.246 e. The molecule has 0 fully saturated rings. The van der Waals surface area contributed by atoms with Crippen molar-refractivity contribution in [1.29, 1.82) is 0 Å². The van der Waals surface area contributed by atoms with Crippen molar-refractivity contribution in [3.63, 3.8) is 0 Å². The number of carbonyl (C=O) groups excluding carboxylic acids is 1. The van der Waals surface area contributed by atoms with Gasteiger partial charge in [-0.05, 0) is 31.6 Å². The number of benzene rings is 1. The molecule has 1 amide bonds. The number of unbranched alkanes of at least 4 members (excludes halogenated alkanes) is 5. The molecule has 30 heavy (non-hydrogen) atoms. The van der Waals surface area contributed by atoms with Crippen molar-refractivity contribution in [3.8, 4) is 11.4 Å². The maximum atomic E-state index is 12.6. The van der Waals surface area contributed by atoms with E-state index in [2.05, 4.69) is 32.6 Å². The zero-order valence-corrected chi connectivity index (χ0v) is 19.1. The zero-order chi connectivity index (χ0) is 21.3. The number of aromatic nitrogens is 5. The Morgan fingerprint density at radius 3 is 2.80 bits per heavy atom. The quantitative estimate of drug-likeness (QED) is 0.309. The van der Waals surface area contributed by atoms with E-state index in [1.54, 1.807) is 4.57 Å². The molecule has 0 aliphatic rings. The second kappa shape index (κ2) is 11.1. The molecule has 0 radical (unpaired) electrons. The van der Waals surface area contributed by atoms with Crippen LogP contribution in [0.25, 0.3) is 11.4 Å². The van der Waals surface area contributed by atoms with Crippen LogP contribution in [0, 0.1) is 11.7 Å². The number of hydrogen-bond donors (Lipinski definition) is 2. The highest BCUT2D eigenvalue weighted by Crippen LogP contribution is 2.20. The molecule has 2 heterocycles. The Hall–Kier alpha value is -2.39. The van der Waals surface area contributed by atoms with E-state index in [-0.39, 0.29) is 12.5 Å². The van der Waals surface area contributed by atoms with Gasteiger partial charge in [-0.1, -0.05) is 74.1 Å². The average Bonchev–Trinajstić information content (AvgIpc) is 3.31. The summed E-state index contributed by atoms with van der Waals surface area (Å²) >= 11 is 6.75. The van der Waals surface area contributed by atoms with Gasteiger partial charge in [0.1, 0.15) is 11.6 Å². The van der Waals surface area contributed by atoms with Gasteiger partial charge in [-0.2, -0.15) is 5.10 Å². The summed E-state index contributed by atoms with van der Waals surface area (Å²) in [5.74, 6) is 0.434. The van der Waals surface area contributed by atoms with Crippen molar-refractivity contribution in [1.82, 2.24) is 25.0 Å². The summed E-state index contributed by atoms with van der Waals surface area (Å²) in [6.45, 7) is 4.30. The van der Waals surface area contributed by atoms with Crippen molar-refractivity contribution < 1.29 is 4.79 Å². The Labute approximate surface area is 186 Å². The van der Waals surface area contributed by atoms with Gasteiger partial charge < -0.3 is 0 Å². The maximum Gasteiger partial charge on any atom is 0.246 e. The Bertz CT molecular complexity index is 1020. The third-order valence-electron chi connectivity index (χ3n) is 4.79. The van der Waals surface area contributed by atoms with Gasteiger partial charge >= 0.3 is 0 Å². The first-order valence-electron chi connectivity index (χ1n) is 10.4. The van der Waals surface area contributed by atoms with Crippen molar-refractivity contribution in [3.05, 3.63) is 39.6 Å². The fraction of sp³-hybridized carbons (Fsp3) is 0.476. The van der Waals surface area contributed by atoms with Gasteiger partial charge in [0.15, 0.2) is 10.6 Å². The summed E-state index contributed by atoms with van der Waals surface area (Å²) in [7, 11) is 0. The van der Waals surface area contributed by atoms with Gasteiger partial charge in [0.25, 0.3) is 0 Å². The number of amides is 1.